The number of aliphatic hydroxyl groups is 2. The van der Waals surface area contributed by atoms with Gasteiger partial charge in [-0.3, -0.25) is 28.0 Å². The number of anilines is 1. The minimum atomic E-state index is -6.30. The number of fused-ring (bicyclic) bond motifs is 2. The Morgan fingerprint density at radius 1 is 0.797 bits per heavy atom. The second kappa shape index (κ2) is 21.6. The van der Waals surface area contributed by atoms with Gasteiger partial charge in [0.15, 0.2) is 40.9 Å². The van der Waals surface area contributed by atoms with Crippen molar-refractivity contribution in [1.82, 2.24) is 29.1 Å². The zero-order valence-electron chi connectivity index (χ0n) is 34.8. The van der Waals surface area contributed by atoms with Gasteiger partial charge in [-0.1, -0.05) is 42.1 Å². The molecule has 13 atom stereocenters. The molecule has 3 aliphatic rings. The van der Waals surface area contributed by atoms with Gasteiger partial charge in [-0.05, 0) is 6.26 Å². The van der Waals surface area contributed by atoms with Gasteiger partial charge in [0, 0.05) is 35.9 Å². The lowest BCUT2D eigenvalue weighted by atomic mass is 10.1. The number of thioether (sulfide) groups is 2. The number of nitrogens with one attached hydrogen (secondary N) is 2. The fourth-order valence-corrected chi connectivity index (χ4v) is 12.9. The van der Waals surface area contributed by atoms with Gasteiger partial charge in [0.05, 0.1) is 26.0 Å². The van der Waals surface area contributed by atoms with Crippen molar-refractivity contribution in [3.05, 3.63) is 75.3 Å². The van der Waals surface area contributed by atoms with Crippen molar-refractivity contribution < 1.29 is 102 Å². The van der Waals surface area contributed by atoms with E-state index >= 15 is 0 Å². The predicted octanol–water partition coefficient (Wildman–Crippen LogP) is 2.68. The van der Waals surface area contributed by atoms with Crippen LogP contribution >= 0.6 is 54.8 Å². The molecule has 3 fully saturated rings. The molecule has 0 radical (unpaired) electrons. The molecular formula is C32H40F3N7O21P4S2. The summed E-state index contributed by atoms with van der Waals surface area (Å²) in [5.41, 5.74) is -1.14. The summed E-state index contributed by atoms with van der Waals surface area (Å²) in [7, 11) is -24.3. The topological polar surface area (TPSA) is 383 Å². The number of benzene rings is 1. The molecule has 1 aromatic carbocycles. The first-order chi connectivity index (χ1) is 32.3. The second-order valence-electron chi connectivity index (χ2n) is 14.6. The molecule has 8 N–H and O–H groups in total. The second-order valence-corrected chi connectivity index (χ2v) is 22.9. The van der Waals surface area contributed by atoms with Gasteiger partial charge >= 0.3 is 43.2 Å². The Bertz CT molecular complexity index is 2780. The Morgan fingerprint density at radius 3 is 2.06 bits per heavy atom. The highest BCUT2D eigenvalue weighted by Gasteiger charge is 2.55. The SMILES string of the molecule is CSCCNc1nc(SCCC(F)(F)F)nc2c1ncn2[C@@H]1O[C@H](COP(=O)(O)OP(=O)(O)OP(=O)(O)OP(=O)(O)OC[C@H]2O[C@@H](n3ccc(=O)[nH]c3=O)[C@@H]3OC(c4ccccc4)O[C@@H]32)[C@@H](O)[C@H]1O. The van der Waals surface area contributed by atoms with E-state index in [1.807, 2.05) is 11.2 Å². The zero-order chi connectivity index (χ0) is 50.1. The molecule has 3 aromatic heterocycles. The van der Waals surface area contributed by atoms with Crippen LogP contribution < -0.4 is 16.6 Å². The molecule has 382 valence electrons. The number of halogens is 3. The highest BCUT2D eigenvalue weighted by atomic mass is 32.2. The van der Waals surface area contributed by atoms with Crippen LogP contribution in [-0.2, 0) is 59.2 Å². The number of phosphoric ester groups is 2. The van der Waals surface area contributed by atoms with Crippen molar-refractivity contribution in [3.8, 4) is 0 Å². The van der Waals surface area contributed by atoms with Gasteiger partial charge < -0.3 is 54.1 Å². The fourth-order valence-electron chi connectivity index (χ4n) is 6.79. The van der Waals surface area contributed by atoms with E-state index in [0.717, 1.165) is 27.7 Å². The molecule has 37 heteroatoms. The van der Waals surface area contributed by atoms with Gasteiger partial charge in [-0.2, -0.15) is 37.9 Å². The van der Waals surface area contributed by atoms with E-state index in [1.54, 1.807) is 30.3 Å². The lowest BCUT2D eigenvalue weighted by Crippen LogP contribution is -2.36. The summed E-state index contributed by atoms with van der Waals surface area (Å²) in [5.74, 6) is 0.275. The van der Waals surface area contributed by atoms with Gasteiger partial charge in [-0.25, -0.2) is 38.0 Å². The Kier molecular flexibility index (Phi) is 16.9. The van der Waals surface area contributed by atoms with Crippen molar-refractivity contribution >= 4 is 71.8 Å². The minimum absolute atomic E-state index is 0.0730. The number of aliphatic hydroxyl groups excluding tert-OH is 2. The van der Waals surface area contributed by atoms with Crippen LogP contribution in [0.4, 0.5) is 19.0 Å². The summed E-state index contributed by atoms with van der Waals surface area (Å²) < 4.78 is 136. The number of alkyl halides is 3. The summed E-state index contributed by atoms with van der Waals surface area (Å²) >= 11 is 2.15. The average molecular weight is 1100 g/mol. The van der Waals surface area contributed by atoms with Crippen molar-refractivity contribution in [1.29, 1.82) is 0 Å². The predicted molar refractivity (Wildman–Crippen MR) is 228 cm³/mol. The molecule has 28 nitrogen and oxygen atoms in total. The number of rotatable bonds is 22. The standard InChI is InChI=1S/C32H40F3N7O21P4S2/c1-68-12-9-36-25-20-26(40-30(39-25)69-11-8-32(33,34)35)42(15-37-20)27-22(45)21(44)17(57-27)13-55-64(47,48)61-66(51,52)63-67(53,54)62-65(49,50)56-14-18-23-24(60-29(59-23)16-5-3-2-4-6-16)28(58-18)41-10-7-19(43)38-31(41)46/h2-7,10,15,17-18,21-24,27-29,44-45H,8-9,11-14H2,1H3,(H,47,48)(H,49,50)(H,51,52)(H,53,54)(H,36,39,40)(H,38,43,46)/t17-,18-,21-,22-,23-,24-,27-,28-,29?/m1/s1. The third-order valence-corrected chi connectivity index (χ3v) is 17.1. The highest BCUT2D eigenvalue weighted by Crippen LogP contribution is 2.71. The van der Waals surface area contributed by atoms with Crippen molar-refractivity contribution in [3.63, 3.8) is 0 Å². The van der Waals surface area contributed by atoms with Gasteiger partial charge in [-0.15, -0.1) is 0 Å². The molecule has 0 bridgehead atoms. The monoisotopic (exact) mass is 1100 g/mol. The number of H-pyrrole nitrogens is 1. The van der Waals surface area contributed by atoms with Crippen LogP contribution in [0.1, 0.15) is 30.7 Å². The summed E-state index contributed by atoms with van der Waals surface area (Å²) in [5, 5.41) is 24.5. The summed E-state index contributed by atoms with van der Waals surface area (Å²) in [6.45, 7) is -1.86. The van der Waals surface area contributed by atoms with E-state index in [4.69, 9.17) is 23.5 Å². The Balaban J connectivity index is 0.954. The Labute approximate surface area is 393 Å². The average Bonchev–Trinajstić information content (AvgIpc) is 4.01. The van der Waals surface area contributed by atoms with Crippen LogP contribution in [0, 0.1) is 0 Å². The molecule has 3 saturated heterocycles. The molecular weight excluding hydrogens is 1060 g/mol. The van der Waals surface area contributed by atoms with Crippen molar-refractivity contribution in [2.75, 3.05) is 42.8 Å². The van der Waals surface area contributed by atoms with Crippen LogP contribution in [0.3, 0.4) is 0 Å². The molecule has 5 unspecified atom stereocenters. The van der Waals surface area contributed by atoms with Crippen molar-refractivity contribution in [2.45, 2.75) is 73.1 Å². The quantitative estimate of drug-likeness (QED) is 0.0243. The Hall–Kier alpha value is -2.94. The van der Waals surface area contributed by atoms with Crippen molar-refractivity contribution in [2.24, 2.45) is 0 Å². The third-order valence-electron chi connectivity index (χ3n) is 9.69. The van der Waals surface area contributed by atoms with Gasteiger partial charge in [0.2, 0.25) is 0 Å². The summed E-state index contributed by atoms with van der Waals surface area (Å²) in [4.78, 5) is 79.8. The lowest BCUT2D eigenvalue weighted by Gasteiger charge is -2.23. The molecule has 4 aromatic rings. The minimum Gasteiger partial charge on any atom is -0.387 e. The summed E-state index contributed by atoms with van der Waals surface area (Å²) in [6, 6.07) is 9.35. The van der Waals surface area contributed by atoms with Crippen LogP contribution in [0.2, 0.25) is 0 Å². The zero-order valence-corrected chi connectivity index (χ0v) is 40.1. The normalized spacial score (nSPS) is 28.5. The third kappa shape index (κ3) is 13.8. The van der Waals surface area contributed by atoms with Crippen LogP contribution in [0.15, 0.2) is 63.7 Å². The molecule has 0 spiro atoms. The van der Waals surface area contributed by atoms with Crippen LogP contribution in [-0.4, -0.2) is 139 Å². The number of ether oxygens (including phenoxy) is 4. The number of imidazole rings is 1. The number of aromatic amines is 1. The molecule has 0 saturated carbocycles. The first kappa shape index (κ1) is 53.8. The summed E-state index contributed by atoms with van der Waals surface area (Å²) in [6.07, 6.45) is -14.8. The molecule has 6 heterocycles. The molecule has 69 heavy (non-hydrogen) atoms. The maximum absolute atomic E-state index is 12.9. The first-order valence-corrected chi connectivity index (χ1v) is 27.9. The maximum atomic E-state index is 12.9. The Morgan fingerprint density at radius 2 is 1.42 bits per heavy atom. The number of nitrogens with zero attached hydrogens (tertiary/aromatic N) is 5. The molecule has 3 aliphatic heterocycles. The van der Waals surface area contributed by atoms with E-state index in [1.165, 1.54) is 11.8 Å². The van der Waals surface area contributed by atoms with E-state index in [-0.39, 0.29) is 22.1 Å². The fraction of sp³-hybridized carbons (Fsp3) is 0.531. The number of hydrogen-bond donors (Lipinski definition) is 8. The number of hydrogen-bond acceptors (Lipinski definition) is 23. The van der Waals surface area contributed by atoms with E-state index in [0.29, 0.717) is 29.6 Å². The lowest BCUT2D eigenvalue weighted by molar-refractivity contribution is -0.154. The highest BCUT2D eigenvalue weighted by molar-refractivity contribution is 7.99. The molecule has 7 rings (SSSR count). The number of phosphoric acid groups is 4. The molecule has 0 aliphatic carbocycles. The van der Waals surface area contributed by atoms with Crippen LogP contribution in [0.5, 0.6) is 0 Å². The largest absolute Gasteiger partial charge is 0.490 e. The van der Waals surface area contributed by atoms with Crippen LogP contribution in [0.25, 0.3) is 11.2 Å². The van der Waals surface area contributed by atoms with Gasteiger partial charge in [0.1, 0.15) is 36.6 Å². The first-order valence-electron chi connectivity index (χ1n) is 19.6. The van der Waals surface area contributed by atoms with E-state index in [2.05, 4.69) is 37.7 Å². The van der Waals surface area contributed by atoms with Gasteiger partial charge in [0.25, 0.3) is 5.56 Å². The van der Waals surface area contributed by atoms with E-state index in [9.17, 15) is 70.8 Å². The van der Waals surface area contributed by atoms with E-state index < -0.39 is 129 Å². The number of aromatic nitrogens is 6. The maximum Gasteiger partial charge on any atom is 0.490 e. The molecule has 0 amide bonds. The smallest absolute Gasteiger partial charge is 0.387 e.